The van der Waals surface area contributed by atoms with Gasteiger partial charge in [-0.25, -0.2) is 4.79 Å². The van der Waals surface area contributed by atoms with Crippen molar-refractivity contribution in [1.29, 1.82) is 0 Å². The van der Waals surface area contributed by atoms with Gasteiger partial charge in [0.25, 0.3) is 0 Å². The molecule has 118 valence electrons. The Morgan fingerprint density at radius 2 is 1.74 bits per heavy atom. The molecule has 0 unspecified atom stereocenters. The molecule has 0 fully saturated rings. The van der Waals surface area contributed by atoms with Crippen LogP contribution in [-0.4, -0.2) is 23.1 Å². The number of rotatable bonds is 7. The van der Waals surface area contributed by atoms with Crippen molar-refractivity contribution in [2.24, 2.45) is 0 Å². The highest BCUT2D eigenvalue weighted by Gasteiger charge is 2.21. The first-order chi connectivity index (χ1) is 11.2. The predicted octanol–water partition coefficient (Wildman–Crippen LogP) is 3.04. The zero-order chi connectivity index (χ0) is 16.5. The van der Waals surface area contributed by atoms with Crippen LogP contribution in [0, 0.1) is 0 Å². The second kappa shape index (κ2) is 8.51. The standard InChI is InChI=1S/C18H18N2O3/c1-2-22-18(21)17(20-19)12-14-8-10-16(11-9-14)23-13-15-6-4-3-5-7-15/h3-11H,2,12-13H2,1H3. The molecule has 0 aliphatic heterocycles. The number of hydrogen-bond acceptors (Lipinski definition) is 3. The van der Waals surface area contributed by atoms with Crippen LogP contribution in [-0.2, 0) is 22.6 Å². The lowest BCUT2D eigenvalue weighted by Gasteiger charge is -2.06. The molecule has 0 saturated carbocycles. The second-order valence-corrected chi connectivity index (χ2v) is 4.86. The molecule has 2 aromatic carbocycles. The van der Waals surface area contributed by atoms with E-state index in [1.54, 1.807) is 6.92 Å². The van der Waals surface area contributed by atoms with Crippen LogP contribution >= 0.6 is 0 Å². The molecule has 5 nitrogen and oxygen atoms in total. The van der Waals surface area contributed by atoms with Gasteiger partial charge in [-0.15, -0.1) is 0 Å². The minimum absolute atomic E-state index is 0.0233. The highest BCUT2D eigenvalue weighted by Crippen LogP contribution is 2.15. The summed E-state index contributed by atoms with van der Waals surface area (Å²) in [5.74, 6) is 0.121. The first-order valence-corrected chi connectivity index (χ1v) is 7.36. The Morgan fingerprint density at radius 3 is 2.35 bits per heavy atom. The molecular formula is C18H18N2O3. The number of carbonyl (C=O) groups is 1. The van der Waals surface area contributed by atoms with Gasteiger partial charge in [0.05, 0.1) is 13.0 Å². The van der Waals surface area contributed by atoms with E-state index in [1.165, 1.54) is 0 Å². The van der Waals surface area contributed by atoms with Crippen molar-refractivity contribution in [3.8, 4) is 5.75 Å². The van der Waals surface area contributed by atoms with E-state index >= 15 is 0 Å². The number of benzene rings is 2. The van der Waals surface area contributed by atoms with Crippen molar-refractivity contribution in [1.82, 2.24) is 0 Å². The number of ether oxygens (including phenoxy) is 2. The third-order valence-corrected chi connectivity index (χ3v) is 3.18. The van der Waals surface area contributed by atoms with Gasteiger partial charge in [-0.2, -0.15) is 4.79 Å². The van der Waals surface area contributed by atoms with Crippen LogP contribution in [0.5, 0.6) is 5.75 Å². The van der Waals surface area contributed by atoms with Crippen LogP contribution < -0.4 is 4.74 Å². The summed E-state index contributed by atoms with van der Waals surface area (Å²) in [7, 11) is 0. The molecule has 5 heteroatoms. The molecule has 0 aliphatic carbocycles. The van der Waals surface area contributed by atoms with Gasteiger partial charge in [0.1, 0.15) is 12.4 Å². The summed E-state index contributed by atoms with van der Waals surface area (Å²) in [5.41, 5.74) is 10.8. The summed E-state index contributed by atoms with van der Waals surface area (Å²) < 4.78 is 10.5. The molecule has 2 rings (SSSR count). The number of nitrogens with zero attached hydrogens (tertiary/aromatic N) is 2. The minimum atomic E-state index is -0.612. The molecule has 0 heterocycles. The highest BCUT2D eigenvalue weighted by molar-refractivity contribution is 6.34. The van der Waals surface area contributed by atoms with Gasteiger partial charge in [0.2, 0.25) is 0 Å². The summed E-state index contributed by atoms with van der Waals surface area (Å²) in [6.45, 7) is 2.43. The number of carbonyl (C=O) groups excluding carboxylic acids is 1. The van der Waals surface area contributed by atoms with Crippen LogP contribution in [0.25, 0.3) is 5.53 Å². The fraction of sp³-hybridized carbons (Fsp3) is 0.222. The molecule has 0 radical (unpaired) electrons. The Hall–Kier alpha value is -2.91. The quantitative estimate of drug-likeness (QED) is 0.341. The lowest BCUT2D eigenvalue weighted by Crippen LogP contribution is -2.20. The first kappa shape index (κ1) is 16.5. The molecule has 0 amide bonds. The molecule has 0 aliphatic rings. The van der Waals surface area contributed by atoms with E-state index in [0.29, 0.717) is 6.61 Å². The van der Waals surface area contributed by atoms with Crippen molar-refractivity contribution < 1.29 is 19.1 Å². The normalized spacial score (nSPS) is 9.78. The highest BCUT2D eigenvalue weighted by atomic mass is 16.5. The molecule has 0 N–H and O–H groups in total. The third-order valence-electron chi connectivity index (χ3n) is 3.18. The summed E-state index contributed by atoms with van der Waals surface area (Å²) >= 11 is 0. The predicted molar refractivity (Wildman–Crippen MR) is 86.2 cm³/mol. The van der Waals surface area contributed by atoms with Crippen LogP contribution in [0.15, 0.2) is 54.6 Å². The van der Waals surface area contributed by atoms with Crippen LogP contribution in [0.2, 0.25) is 0 Å². The van der Waals surface area contributed by atoms with Crippen LogP contribution in [0.3, 0.4) is 0 Å². The van der Waals surface area contributed by atoms with E-state index in [9.17, 15) is 4.79 Å². The van der Waals surface area contributed by atoms with Crippen molar-refractivity contribution >= 4 is 11.7 Å². The second-order valence-electron chi connectivity index (χ2n) is 4.86. The Balaban J connectivity index is 1.94. The average Bonchev–Trinajstić information content (AvgIpc) is 2.60. The summed E-state index contributed by atoms with van der Waals surface area (Å²) in [4.78, 5) is 14.6. The smallest absolute Gasteiger partial charge is 0.417 e. The van der Waals surface area contributed by atoms with Gasteiger partial charge in [0, 0.05) is 0 Å². The fourth-order valence-corrected chi connectivity index (χ4v) is 2.00. The van der Waals surface area contributed by atoms with E-state index in [2.05, 4.69) is 4.79 Å². The van der Waals surface area contributed by atoms with Crippen molar-refractivity contribution in [2.75, 3.05) is 6.61 Å². The summed E-state index contributed by atoms with van der Waals surface area (Å²) in [6, 6.07) is 17.2. The molecule has 0 spiro atoms. The van der Waals surface area contributed by atoms with Gasteiger partial charge in [-0.3, -0.25) is 0 Å². The lowest BCUT2D eigenvalue weighted by molar-refractivity contribution is -0.140. The first-order valence-electron chi connectivity index (χ1n) is 7.36. The van der Waals surface area contributed by atoms with Gasteiger partial charge in [0.15, 0.2) is 0 Å². The van der Waals surface area contributed by atoms with E-state index in [-0.39, 0.29) is 18.7 Å². The SMILES string of the molecule is CCOC(=O)C(Cc1ccc(OCc2ccccc2)cc1)=[N+]=[N-]. The lowest BCUT2D eigenvalue weighted by atomic mass is 10.1. The molecular weight excluding hydrogens is 292 g/mol. The molecule has 0 atom stereocenters. The number of esters is 1. The molecule has 2 aromatic rings. The maximum absolute atomic E-state index is 11.6. The van der Waals surface area contributed by atoms with Crippen molar-refractivity contribution in [3.05, 3.63) is 71.3 Å². The van der Waals surface area contributed by atoms with E-state index in [0.717, 1.165) is 16.9 Å². The van der Waals surface area contributed by atoms with Gasteiger partial charge >= 0.3 is 11.7 Å². The van der Waals surface area contributed by atoms with E-state index in [1.807, 2.05) is 54.6 Å². The molecule has 0 saturated heterocycles. The zero-order valence-electron chi connectivity index (χ0n) is 12.9. The molecule has 0 aromatic heterocycles. The van der Waals surface area contributed by atoms with Crippen LogP contribution in [0.4, 0.5) is 0 Å². The molecule has 0 bridgehead atoms. The summed E-state index contributed by atoms with van der Waals surface area (Å²) in [6.07, 6.45) is 0.203. The Labute approximate surface area is 135 Å². The van der Waals surface area contributed by atoms with Crippen LogP contribution in [0.1, 0.15) is 18.1 Å². The molecule has 23 heavy (non-hydrogen) atoms. The maximum Gasteiger partial charge on any atom is 0.417 e. The van der Waals surface area contributed by atoms with Crippen molar-refractivity contribution in [2.45, 2.75) is 20.0 Å². The minimum Gasteiger partial charge on any atom is -0.489 e. The summed E-state index contributed by atoms with van der Waals surface area (Å²) in [5, 5.41) is 0. The Morgan fingerprint density at radius 1 is 1.04 bits per heavy atom. The fourth-order valence-electron chi connectivity index (χ4n) is 2.00. The maximum atomic E-state index is 11.6. The zero-order valence-corrected chi connectivity index (χ0v) is 12.9. The van der Waals surface area contributed by atoms with E-state index in [4.69, 9.17) is 15.0 Å². The number of hydrogen-bond donors (Lipinski definition) is 0. The van der Waals surface area contributed by atoms with E-state index < -0.39 is 5.97 Å². The van der Waals surface area contributed by atoms with Gasteiger partial charge < -0.3 is 15.0 Å². The topological polar surface area (TPSA) is 71.9 Å². The van der Waals surface area contributed by atoms with Gasteiger partial charge in [-0.1, -0.05) is 42.5 Å². The Kier molecular flexibility index (Phi) is 6.09. The van der Waals surface area contributed by atoms with Crippen molar-refractivity contribution in [3.63, 3.8) is 0 Å². The monoisotopic (exact) mass is 310 g/mol. The van der Waals surface area contributed by atoms with Gasteiger partial charge in [-0.05, 0) is 30.2 Å². The third kappa shape index (κ3) is 5.09. The largest absolute Gasteiger partial charge is 0.489 e. The Bertz CT molecular complexity index is 690. The average molecular weight is 310 g/mol.